The first kappa shape index (κ1) is 16.6. The Morgan fingerprint density at radius 3 is 2.52 bits per heavy atom. The van der Waals surface area contributed by atoms with Crippen molar-refractivity contribution in [2.24, 2.45) is 0 Å². The SMILES string of the molecule is Fc1cc(F)cc(CO[C@@H]2Cc3ccccc3[C@@H]2N2CCNCC2)c1. The first-order chi connectivity index (χ1) is 12.2. The van der Waals surface area contributed by atoms with Crippen molar-refractivity contribution in [2.75, 3.05) is 26.2 Å². The molecule has 2 atom stereocenters. The molecule has 132 valence electrons. The fourth-order valence-corrected chi connectivity index (χ4v) is 3.98. The van der Waals surface area contributed by atoms with E-state index in [2.05, 4.69) is 34.5 Å². The summed E-state index contributed by atoms with van der Waals surface area (Å²) in [5, 5.41) is 3.38. The lowest BCUT2D eigenvalue weighted by molar-refractivity contribution is -0.0189. The number of rotatable bonds is 4. The van der Waals surface area contributed by atoms with E-state index < -0.39 is 11.6 Å². The van der Waals surface area contributed by atoms with E-state index >= 15 is 0 Å². The van der Waals surface area contributed by atoms with Crippen molar-refractivity contribution in [3.05, 3.63) is 70.8 Å². The molecule has 3 nitrogen and oxygen atoms in total. The molecule has 0 saturated carbocycles. The van der Waals surface area contributed by atoms with Gasteiger partial charge in [-0.15, -0.1) is 0 Å². The largest absolute Gasteiger partial charge is 0.371 e. The molecule has 2 aliphatic rings. The lowest BCUT2D eigenvalue weighted by Crippen LogP contribution is -2.47. The smallest absolute Gasteiger partial charge is 0.126 e. The Kier molecular flexibility index (Phi) is 4.79. The van der Waals surface area contributed by atoms with Gasteiger partial charge in [0.25, 0.3) is 0 Å². The number of nitrogens with zero attached hydrogens (tertiary/aromatic N) is 1. The highest BCUT2D eigenvalue weighted by Crippen LogP contribution is 2.38. The topological polar surface area (TPSA) is 24.5 Å². The molecule has 2 aromatic carbocycles. The summed E-state index contributed by atoms with van der Waals surface area (Å²) < 4.78 is 33.0. The summed E-state index contributed by atoms with van der Waals surface area (Å²) in [5.41, 5.74) is 3.16. The van der Waals surface area contributed by atoms with Crippen molar-refractivity contribution < 1.29 is 13.5 Å². The maximum absolute atomic E-state index is 13.4. The Labute approximate surface area is 146 Å². The van der Waals surface area contributed by atoms with Crippen LogP contribution in [0.25, 0.3) is 0 Å². The standard InChI is InChI=1S/C20H22F2N2O/c21-16-9-14(10-17(22)12-16)13-25-19-11-15-3-1-2-4-18(15)20(19)24-7-5-23-6-8-24/h1-4,9-10,12,19-20,23H,5-8,11,13H2/t19-,20+/m1/s1. The molecule has 0 amide bonds. The fourth-order valence-electron chi connectivity index (χ4n) is 3.98. The molecule has 0 bridgehead atoms. The molecule has 1 N–H and O–H groups in total. The number of hydrogen-bond acceptors (Lipinski definition) is 3. The van der Waals surface area contributed by atoms with Crippen molar-refractivity contribution in [3.8, 4) is 0 Å². The van der Waals surface area contributed by atoms with Gasteiger partial charge >= 0.3 is 0 Å². The first-order valence-corrected chi connectivity index (χ1v) is 8.80. The third-order valence-electron chi connectivity index (χ3n) is 5.08. The minimum absolute atomic E-state index is 0.00169. The van der Waals surface area contributed by atoms with Gasteiger partial charge in [0.15, 0.2) is 0 Å². The van der Waals surface area contributed by atoms with Gasteiger partial charge in [0.2, 0.25) is 0 Å². The number of hydrogen-bond donors (Lipinski definition) is 1. The van der Waals surface area contributed by atoms with Gasteiger partial charge in [0.1, 0.15) is 11.6 Å². The van der Waals surface area contributed by atoms with E-state index in [0.29, 0.717) is 5.56 Å². The van der Waals surface area contributed by atoms with E-state index in [1.165, 1.54) is 23.3 Å². The third kappa shape index (κ3) is 3.59. The van der Waals surface area contributed by atoms with Crippen molar-refractivity contribution in [1.82, 2.24) is 10.2 Å². The zero-order valence-corrected chi connectivity index (χ0v) is 14.1. The number of benzene rings is 2. The van der Waals surface area contributed by atoms with E-state index in [1.54, 1.807) is 0 Å². The molecule has 0 radical (unpaired) electrons. The van der Waals surface area contributed by atoms with E-state index in [-0.39, 0.29) is 18.8 Å². The lowest BCUT2D eigenvalue weighted by atomic mass is 10.1. The van der Waals surface area contributed by atoms with E-state index in [1.807, 2.05) is 0 Å². The number of ether oxygens (including phenoxy) is 1. The van der Waals surface area contributed by atoms with Gasteiger partial charge in [0.05, 0.1) is 18.8 Å². The summed E-state index contributed by atoms with van der Waals surface area (Å²) >= 11 is 0. The number of halogens is 2. The molecule has 1 aliphatic carbocycles. The average Bonchev–Trinajstić information content (AvgIpc) is 2.98. The Balaban J connectivity index is 1.53. The summed E-state index contributed by atoms with van der Waals surface area (Å²) in [6.45, 7) is 4.12. The molecule has 0 spiro atoms. The molecule has 1 saturated heterocycles. The van der Waals surface area contributed by atoms with Crippen molar-refractivity contribution in [3.63, 3.8) is 0 Å². The maximum Gasteiger partial charge on any atom is 0.126 e. The summed E-state index contributed by atoms with van der Waals surface area (Å²) in [7, 11) is 0. The van der Waals surface area contributed by atoms with Gasteiger partial charge in [-0.1, -0.05) is 24.3 Å². The van der Waals surface area contributed by atoms with Gasteiger partial charge in [-0.2, -0.15) is 0 Å². The van der Waals surface area contributed by atoms with E-state index in [9.17, 15) is 8.78 Å². The quantitative estimate of drug-likeness (QED) is 0.923. The highest BCUT2D eigenvalue weighted by atomic mass is 19.1. The summed E-state index contributed by atoms with van der Waals surface area (Å²) in [5.74, 6) is -1.13. The van der Waals surface area contributed by atoms with Crippen LogP contribution in [-0.4, -0.2) is 37.2 Å². The highest BCUT2D eigenvalue weighted by Gasteiger charge is 2.37. The van der Waals surface area contributed by atoms with Crippen LogP contribution in [0.5, 0.6) is 0 Å². The third-order valence-corrected chi connectivity index (χ3v) is 5.08. The second-order valence-corrected chi connectivity index (χ2v) is 6.76. The van der Waals surface area contributed by atoms with Gasteiger partial charge in [0, 0.05) is 38.7 Å². The van der Waals surface area contributed by atoms with Crippen LogP contribution in [0.2, 0.25) is 0 Å². The highest BCUT2D eigenvalue weighted by molar-refractivity contribution is 5.37. The molecule has 5 heteroatoms. The van der Waals surface area contributed by atoms with Gasteiger partial charge in [-0.05, 0) is 28.8 Å². The zero-order chi connectivity index (χ0) is 17.2. The fraction of sp³-hybridized carbons (Fsp3) is 0.400. The van der Waals surface area contributed by atoms with Crippen LogP contribution in [0.15, 0.2) is 42.5 Å². The van der Waals surface area contributed by atoms with Crippen LogP contribution >= 0.6 is 0 Å². The van der Waals surface area contributed by atoms with Crippen LogP contribution in [0.1, 0.15) is 22.7 Å². The molecular weight excluding hydrogens is 322 g/mol. The predicted octanol–water partition coefficient (Wildman–Crippen LogP) is 3.05. The molecule has 1 fully saturated rings. The summed E-state index contributed by atoms with van der Waals surface area (Å²) in [6.07, 6.45) is 0.838. The van der Waals surface area contributed by atoms with E-state index in [4.69, 9.17) is 4.74 Å². The molecule has 2 aromatic rings. The Morgan fingerprint density at radius 2 is 1.76 bits per heavy atom. The monoisotopic (exact) mass is 344 g/mol. The molecule has 0 unspecified atom stereocenters. The van der Waals surface area contributed by atoms with Crippen molar-refractivity contribution >= 4 is 0 Å². The van der Waals surface area contributed by atoms with Gasteiger partial charge in [-0.3, -0.25) is 4.90 Å². The van der Waals surface area contributed by atoms with Crippen molar-refractivity contribution in [1.29, 1.82) is 0 Å². The molecular formula is C20H22F2N2O. The molecule has 1 heterocycles. The first-order valence-electron chi connectivity index (χ1n) is 8.80. The van der Waals surface area contributed by atoms with Crippen LogP contribution in [0.3, 0.4) is 0 Å². The van der Waals surface area contributed by atoms with E-state index in [0.717, 1.165) is 38.7 Å². The van der Waals surface area contributed by atoms with Gasteiger partial charge < -0.3 is 10.1 Å². The molecule has 0 aromatic heterocycles. The van der Waals surface area contributed by atoms with Crippen LogP contribution in [0, 0.1) is 11.6 Å². The second kappa shape index (κ2) is 7.20. The van der Waals surface area contributed by atoms with Crippen LogP contribution in [-0.2, 0) is 17.8 Å². The predicted molar refractivity (Wildman–Crippen MR) is 92.3 cm³/mol. The maximum atomic E-state index is 13.4. The molecule has 25 heavy (non-hydrogen) atoms. The Morgan fingerprint density at radius 1 is 1.04 bits per heavy atom. The van der Waals surface area contributed by atoms with Crippen molar-refractivity contribution in [2.45, 2.75) is 25.2 Å². The average molecular weight is 344 g/mol. The van der Waals surface area contributed by atoms with Gasteiger partial charge in [-0.25, -0.2) is 8.78 Å². The number of fused-ring (bicyclic) bond motifs is 1. The molecule has 1 aliphatic heterocycles. The molecule has 4 rings (SSSR count). The number of nitrogens with one attached hydrogen (secondary N) is 1. The summed E-state index contributed by atoms with van der Waals surface area (Å²) in [4.78, 5) is 2.46. The summed E-state index contributed by atoms with van der Waals surface area (Å²) in [6, 6.07) is 12.2. The lowest BCUT2D eigenvalue weighted by Gasteiger charge is -2.36. The minimum atomic E-state index is -0.563. The van der Waals surface area contributed by atoms with Crippen LogP contribution < -0.4 is 5.32 Å². The second-order valence-electron chi connectivity index (χ2n) is 6.76. The minimum Gasteiger partial charge on any atom is -0.371 e. The zero-order valence-electron chi connectivity index (χ0n) is 14.1. The van der Waals surface area contributed by atoms with Crippen LogP contribution in [0.4, 0.5) is 8.78 Å². The number of piperazine rings is 1. The Hall–Kier alpha value is -1.82. The Bertz CT molecular complexity index is 726. The normalized spacial score (nSPS) is 23.6.